The van der Waals surface area contributed by atoms with Crippen LogP contribution in [0.2, 0.25) is 0 Å². The molecule has 118 valence electrons. The van der Waals surface area contributed by atoms with E-state index in [1.807, 2.05) is 0 Å². The van der Waals surface area contributed by atoms with Crippen LogP contribution in [0.5, 0.6) is 0 Å². The molecule has 6 nitrogen and oxygen atoms in total. The van der Waals surface area contributed by atoms with Gasteiger partial charge < -0.3 is 15.3 Å². The molecule has 1 saturated carbocycles. The van der Waals surface area contributed by atoms with Gasteiger partial charge in [-0.2, -0.15) is 0 Å². The van der Waals surface area contributed by atoms with E-state index < -0.39 is 23.8 Å². The molecule has 0 spiro atoms. The summed E-state index contributed by atoms with van der Waals surface area (Å²) in [6, 6.07) is -0.577. The number of nitrogens with zero attached hydrogens (tertiary/aromatic N) is 1. The highest BCUT2D eigenvalue weighted by Crippen LogP contribution is 2.30. The predicted molar refractivity (Wildman–Crippen MR) is 76.5 cm³/mol. The van der Waals surface area contributed by atoms with E-state index in [4.69, 9.17) is 0 Å². The topological polar surface area (TPSA) is 86.7 Å². The molecule has 21 heavy (non-hydrogen) atoms. The van der Waals surface area contributed by atoms with Gasteiger partial charge in [-0.15, -0.1) is 0 Å². The molecule has 1 unspecified atom stereocenters. The number of aliphatic carboxylic acids is 1. The van der Waals surface area contributed by atoms with E-state index in [1.54, 1.807) is 11.8 Å². The lowest BCUT2D eigenvalue weighted by Gasteiger charge is -2.29. The Kier molecular flexibility index (Phi) is 5.20. The van der Waals surface area contributed by atoms with Crippen molar-refractivity contribution >= 4 is 17.8 Å². The number of hydrogen-bond acceptors (Lipinski definition) is 3. The van der Waals surface area contributed by atoms with Gasteiger partial charge >= 0.3 is 5.97 Å². The van der Waals surface area contributed by atoms with Crippen LogP contribution in [-0.2, 0) is 14.4 Å². The Balaban J connectivity index is 1.92. The highest BCUT2D eigenvalue weighted by Gasteiger charge is 2.37. The average Bonchev–Trinajstić information content (AvgIpc) is 3.00. The minimum Gasteiger partial charge on any atom is -0.481 e. The first-order valence-corrected chi connectivity index (χ1v) is 7.82. The van der Waals surface area contributed by atoms with Crippen molar-refractivity contribution in [2.75, 3.05) is 13.1 Å². The van der Waals surface area contributed by atoms with Crippen LogP contribution in [0, 0.1) is 11.8 Å². The van der Waals surface area contributed by atoms with E-state index in [-0.39, 0.29) is 11.8 Å². The second kappa shape index (κ2) is 6.91. The molecule has 0 aromatic carbocycles. The average molecular weight is 296 g/mol. The van der Waals surface area contributed by atoms with Gasteiger partial charge in [0, 0.05) is 13.1 Å². The number of carbonyl (C=O) groups is 3. The summed E-state index contributed by atoms with van der Waals surface area (Å²) < 4.78 is 0. The molecule has 0 aromatic rings. The summed E-state index contributed by atoms with van der Waals surface area (Å²) >= 11 is 0. The summed E-state index contributed by atoms with van der Waals surface area (Å²) in [5, 5.41) is 11.9. The van der Waals surface area contributed by atoms with Crippen molar-refractivity contribution in [1.82, 2.24) is 10.2 Å². The third kappa shape index (κ3) is 3.74. The zero-order chi connectivity index (χ0) is 15.4. The molecule has 1 aliphatic carbocycles. The Morgan fingerprint density at radius 1 is 1.05 bits per heavy atom. The summed E-state index contributed by atoms with van der Waals surface area (Å²) in [6.45, 7) is 3.18. The van der Waals surface area contributed by atoms with Gasteiger partial charge in [0.2, 0.25) is 11.8 Å². The van der Waals surface area contributed by atoms with Crippen LogP contribution >= 0.6 is 0 Å². The van der Waals surface area contributed by atoms with Crippen LogP contribution < -0.4 is 5.32 Å². The zero-order valence-corrected chi connectivity index (χ0v) is 12.5. The number of hydrogen-bond donors (Lipinski definition) is 2. The Morgan fingerprint density at radius 2 is 1.62 bits per heavy atom. The largest absolute Gasteiger partial charge is 0.481 e. The van der Waals surface area contributed by atoms with E-state index in [9.17, 15) is 19.5 Å². The van der Waals surface area contributed by atoms with Crippen molar-refractivity contribution in [3.05, 3.63) is 0 Å². The summed E-state index contributed by atoms with van der Waals surface area (Å²) in [4.78, 5) is 37.5. The molecule has 0 radical (unpaired) electrons. The maximum atomic E-state index is 12.3. The lowest BCUT2D eigenvalue weighted by molar-refractivity contribution is -0.149. The van der Waals surface area contributed by atoms with Crippen molar-refractivity contribution in [1.29, 1.82) is 0 Å². The minimum absolute atomic E-state index is 0.0662. The summed E-state index contributed by atoms with van der Waals surface area (Å²) in [5.74, 6) is -2.39. The van der Waals surface area contributed by atoms with Gasteiger partial charge in [0.1, 0.15) is 6.04 Å². The molecule has 2 aliphatic rings. The Bertz CT molecular complexity index is 418. The normalized spacial score (nSPS) is 27.2. The van der Waals surface area contributed by atoms with Gasteiger partial charge in [0.15, 0.2) is 0 Å². The Hall–Kier alpha value is -1.59. The van der Waals surface area contributed by atoms with Crippen LogP contribution in [0.3, 0.4) is 0 Å². The van der Waals surface area contributed by atoms with E-state index >= 15 is 0 Å². The third-order valence-electron chi connectivity index (χ3n) is 4.57. The molecule has 3 atom stereocenters. The Labute approximate surface area is 124 Å². The molecule has 6 heteroatoms. The van der Waals surface area contributed by atoms with Crippen molar-refractivity contribution in [3.8, 4) is 0 Å². The molecular weight excluding hydrogens is 272 g/mol. The van der Waals surface area contributed by atoms with Crippen LogP contribution in [0.25, 0.3) is 0 Å². The first kappa shape index (κ1) is 15.8. The maximum absolute atomic E-state index is 12.3. The predicted octanol–water partition coefficient (Wildman–Crippen LogP) is 1.00. The van der Waals surface area contributed by atoms with Gasteiger partial charge in [0.05, 0.1) is 11.8 Å². The molecule has 2 amide bonds. The van der Waals surface area contributed by atoms with Gasteiger partial charge in [-0.25, -0.2) is 0 Å². The SMILES string of the molecule is CC(NC(=O)[C@@H]1CCCC[C@@H]1C(=O)O)C(=O)N1CCCC1. The zero-order valence-electron chi connectivity index (χ0n) is 12.5. The maximum Gasteiger partial charge on any atom is 0.307 e. The van der Waals surface area contributed by atoms with Gasteiger partial charge in [-0.3, -0.25) is 14.4 Å². The second-order valence-corrected chi connectivity index (χ2v) is 6.10. The summed E-state index contributed by atoms with van der Waals surface area (Å²) in [7, 11) is 0. The molecule has 2 N–H and O–H groups in total. The lowest BCUT2D eigenvalue weighted by atomic mass is 9.78. The van der Waals surface area contributed by atoms with E-state index in [2.05, 4.69) is 5.32 Å². The molecule has 1 aliphatic heterocycles. The van der Waals surface area contributed by atoms with Crippen LogP contribution in [-0.4, -0.2) is 46.9 Å². The molecule has 2 fully saturated rings. The van der Waals surface area contributed by atoms with Crippen molar-refractivity contribution in [2.24, 2.45) is 11.8 Å². The number of amides is 2. The number of rotatable bonds is 4. The molecule has 2 rings (SSSR count). The third-order valence-corrected chi connectivity index (χ3v) is 4.57. The second-order valence-electron chi connectivity index (χ2n) is 6.10. The number of nitrogens with one attached hydrogen (secondary N) is 1. The standard InChI is InChI=1S/C15H24N2O4/c1-10(14(19)17-8-4-5-9-17)16-13(18)11-6-2-3-7-12(11)15(20)21/h10-12H,2-9H2,1H3,(H,16,18)(H,20,21)/t10?,11-,12+/m1/s1. The highest BCUT2D eigenvalue weighted by atomic mass is 16.4. The minimum atomic E-state index is -0.909. The van der Waals surface area contributed by atoms with Crippen molar-refractivity contribution < 1.29 is 19.5 Å². The fourth-order valence-corrected chi connectivity index (χ4v) is 3.33. The summed E-state index contributed by atoms with van der Waals surface area (Å²) in [6.07, 6.45) is 4.88. The molecule has 1 heterocycles. The van der Waals surface area contributed by atoms with E-state index in [0.29, 0.717) is 12.8 Å². The molecule has 0 bridgehead atoms. The smallest absolute Gasteiger partial charge is 0.307 e. The number of carbonyl (C=O) groups excluding carboxylic acids is 2. The van der Waals surface area contributed by atoms with Gasteiger partial charge in [-0.1, -0.05) is 12.8 Å². The first-order valence-electron chi connectivity index (χ1n) is 7.82. The first-order chi connectivity index (χ1) is 10.0. The number of carboxylic acids is 1. The van der Waals surface area contributed by atoms with E-state index in [0.717, 1.165) is 38.8 Å². The molecule has 1 saturated heterocycles. The molecule has 0 aromatic heterocycles. The summed E-state index contributed by atoms with van der Waals surface area (Å²) in [5.41, 5.74) is 0. The fourth-order valence-electron chi connectivity index (χ4n) is 3.33. The highest BCUT2D eigenvalue weighted by molar-refractivity contribution is 5.90. The van der Waals surface area contributed by atoms with Gasteiger partial charge in [0.25, 0.3) is 0 Å². The van der Waals surface area contributed by atoms with E-state index in [1.165, 1.54) is 0 Å². The van der Waals surface area contributed by atoms with Gasteiger partial charge in [-0.05, 0) is 32.6 Å². The van der Waals surface area contributed by atoms with Crippen molar-refractivity contribution in [2.45, 2.75) is 51.5 Å². The quantitative estimate of drug-likeness (QED) is 0.810. The fraction of sp³-hybridized carbons (Fsp3) is 0.800. The number of likely N-dealkylation sites (tertiary alicyclic amines) is 1. The van der Waals surface area contributed by atoms with Crippen LogP contribution in [0.15, 0.2) is 0 Å². The molecular formula is C15H24N2O4. The Morgan fingerprint density at radius 3 is 2.19 bits per heavy atom. The van der Waals surface area contributed by atoms with Crippen LogP contribution in [0.4, 0.5) is 0 Å². The number of carboxylic acid groups (broad SMARTS) is 1. The monoisotopic (exact) mass is 296 g/mol. The lowest BCUT2D eigenvalue weighted by Crippen LogP contribution is -2.49. The van der Waals surface area contributed by atoms with Crippen molar-refractivity contribution in [3.63, 3.8) is 0 Å². The van der Waals surface area contributed by atoms with Crippen LogP contribution in [0.1, 0.15) is 45.4 Å².